The molecule has 5 nitrogen and oxygen atoms in total. The summed E-state index contributed by atoms with van der Waals surface area (Å²) in [5.41, 5.74) is 1.96. The van der Waals surface area contributed by atoms with E-state index in [1.165, 1.54) is 0 Å². The largest absolute Gasteiger partial charge is 0.309 e. The van der Waals surface area contributed by atoms with Gasteiger partial charge < -0.3 is 5.32 Å². The van der Waals surface area contributed by atoms with Crippen LogP contribution in [-0.4, -0.2) is 21.1 Å². The van der Waals surface area contributed by atoms with Crippen molar-refractivity contribution in [2.24, 2.45) is 0 Å². The van der Waals surface area contributed by atoms with Crippen molar-refractivity contribution in [3.05, 3.63) is 54.4 Å². The molecule has 20 heavy (non-hydrogen) atoms. The van der Waals surface area contributed by atoms with Crippen LogP contribution in [0.5, 0.6) is 0 Å². The SMILES string of the molecule is O=C(CCc1cccnc1)Nc1n[nH]c2ccccc12. The number of benzene rings is 1. The Morgan fingerprint density at radius 1 is 1.20 bits per heavy atom. The van der Waals surface area contributed by atoms with Gasteiger partial charge in [0.15, 0.2) is 5.82 Å². The molecule has 0 saturated carbocycles. The van der Waals surface area contributed by atoms with Crippen LogP contribution in [0, 0.1) is 0 Å². The summed E-state index contributed by atoms with van der Waals surface area (Å²) in [5, 5.41) is 10.8. The average molecular weight is 266 g/mol. The molecule has 2 aromatic heterocycles. The number of aromatic amines is 1. The third-order valence-corrected chi connectivity index (χ3v) is 3.09. The second-order valence-corrected chi connectivity index (χ2v) is 4.53. The van der Waals surface area contributed by atoms with Crippen LogP contribution in [0.3, 0.4) is 0 Å². The highest BCUT2D eigenvalue weighted by Crippen LogP contribution is 2.19. The van der Waals surface area contributed by atoms with Crippen LogP contribution in [0.15, 0.2) is 48.8 Å². The normalized spacial score (nSPS) is 10.6. The number of H-pyrrole nitrogens is 1. The second kappa shape index (κ2) is 5.52. The van der Waals surface area contributed by atoms with Gasteiger partial charge in [-0.25, -0.2) is 0 Å². The zero-order chi connectivity index (χ0) is 13.8. The Balaban J connectivity index is 1.64. The van der Waals surface area contributed by atoms with E-state index in [1.807, 2.05) is 36.4 Å². The van der Waals surface area contributed by atoms with Crippen LogP contribution >= 0.6 is 0 Å². The number of aryl methyl sites for hydroxylation is 1. The number of pyridine rings is 1. The predicted molar refractivity (Wildman–Crippen MR) is 77.3 cm³/mol. The fourth-order valence-electron chi connectivity index (χ4n) is 2.06. The zero-order valence-corrected chi connectivity index (χ0v) is 10.8. The van der Waals surface area contributed by atoms with Crippen molar-refractivity contribution in [1.29, 1.82) is 0 Å². The van der Waals surface area contributed by atoms with Gasteiger partial charge in [0.25, 0.3) is 0 Å². The Hall–Kier alpha value is -2.69. The van der Waals surface area contributed by atoms with Gasteiger partial charge in [0, 0.05) is 24.2 Å². The summed E-state index contributed by atoms with van der Waals surface area (Å²) in [6.45, 7) is 0. The maximum absolute atomic E-state index is 11.9. The summed E-state index contributed by atoms with van der Waals surface area (Å²) < 4.78 is 0. The minimum atomic E-state index is -0.0499. The molecule has 1 aromatic carbocycles. The van der Waals surface area contributed by atoms with Crippen molar-refractivity contribution in [3.63, 3.8) is 0 Å². The van der Waals surface area contributed by atoms with Crippen molar-refractivity contribution >= 4 is 22.6 Å². The van der Waals surface area contributed by atoms with E-state index in [0.29, 0.717) is 18.7 Å². The van der Waals surface area contributed by atoms with Crippen molar-refractivity contribution in [2.45, 2.75) is 12.8 Å². The number of aromatic nitrogens is 3. The summed E-state index contributed by atoms with van der Waals surface area (Å²) in [5.74, 6) is 0.530. The van der Waals surface area contributed by atoms with Crippen LogP contribution in [0.25, 0.3) is 10.9 Å². The molecule has 100 valence electrons. The molecule has 0 unspecified atom stereocenters. The number of carbonyl (C=O) groups is 1. The number of para-hydroxylation sites is 1. The van der Waals surface area contributed by atoms with Crippen LogP contribution in [0.1, 0.15) is 12.0 Å². The number of nitrogens with one attached hydrogen (secondary N) is 2. The lowest BCUT2D eigenvalue weighted by Gasteiger charge is -2.02. The van der Waals surface area contributed by atoms with E-state index in [9.17, 15) is 4.79 Å². The molecule has 0 spiro atoms. The van der Waals surface area contributed by atoms with E-state index in [0.717, 1.165) is 16.5 Å². The first-order valence-corrected chi connectivity index (χ1v) is 6.45. The molecule has 3 rings (SSSR count). The molecule has 2 heterocycles. The Bertz CT molecular complexity index is 721. The third kappa shape index (κ3) is 2.66. The summed E-state index contributed by atoms with van der Waals surface area (Å²) in [6, 6.07) is 11.5. The fourth-order valence-corrected chi connectivity index (χ4v) is 2.06. The number of hydrogen-bond donors (Lipinski definition) is 2. The Kier molecular flexibility index (Phi) is 3.41. The molecule has 0 aliphatic rings. The molecule has 0 aliphatic heterocycles. The van der Waals surface area contributed by atoms with Gasteiger partial charge in [-0.1, -0.05) is 18.2 Å². The second-order valence-electron chi connectivity index (χ2n) is 4.53. The van der Waals surface area contributed by atoms with Crippen LogP contribution in [-0.2, 0) is 11.2 Å². The standard InChI is InChI=1S/C15H14N4O/c20-14(8-7-11-4-3-9-16-10-11)17-15-12-5-1-2-6-13(12)18-19-15/h1-6,9-10H,7-8H2,(H2,17,18,19,20). The summed E-state index contributed by atoms with van der Waals surface area (Å²) in [6.07, 6.45) is 4.57. The molecular formula is C15H14N4O. The van der Waals surface area contributed by atoms with Gasteiger partial charge >= 0.3 is 0 Å². The minimum absolute atomic E-state index is 0.0499. The summed E-state index contributed by atoms with van der Waals surface area (Å²) in [4.78, 5) is 16.0. The molecule has 0 atom stereocenters. The van der Waals surface area contributed by atoms with Gasteiger partial charge in [-0.15, -0.1) is 0 Å². The maximum Gasteiger partial charge on any atom is 0.225 e. The van der Waals surface area contributed by atoms with E-state index in [1.54, 1.807) is 12.4 Å². The predicted octanol–water partition coefficient (Wildman–Crippen LogP) is 2.53. The monoisotopic (exact) mass is 266 g/mol. The number of fused-ring (bicyclic) bond motifs is 1. The molecule has 0 radical (unpaired) electrons. The fraction of sp³-hybridized carbons (Fsp3) is 0.133. The highest BCUT2D eigenvalue weighted by Gasteiger charge is 2.08. The molecule has 0 saturated heterocycles. The van der Waals surface area contributed by atoms with Gasteiger partial charge in [0.2, 0.25) is 5.91 Å². The topological polar surface area (TPSA) is 70.7 Å². The quantitative estimate of drug-likeness (QED) is 0.762. The third-order valence-electron chi connectivity index (χ3n) is 3.09. The first-order valence-electron chi connectivity index (χ1n) is 6.45. The van der Waals surface area contributed by atoms with E-state index >= 15 is 0 Å². The van der Waals surface area contributed by atoms with Crippen molar-refractivity contribution in [2.75, 3.05) is 5.32 Å². The summed E-state index contributed by atoms with van der Waals surface area (Å²) >= 11 is 0. The molecule has 2 N–H and O–H groups in total. The maximum atomic E-state index is 11.9. The number of hydrogen-bond acceptors (Lipinski definition) is 3. The Morgan fingerprint density at radius 3 is 2.95 bits per heavy atom. The zero-order valence-electron chi connectivity index (χ0n) is 10.8. The number of rotatable bonds is 4. The van der Waals surface area contributed by atoms with Crippen molar-refractivity contribution in [3.8, 4) is 0 Å². The molecule has 0 bridgehead atoms. The minimum Gasteiger partial charge on any atom is -0.309 e. The lowest BCUT2D eigenvalue weighted by Crippen LogP contribution is -2.12. The van der Waals surface area contributed by atoms with E-state index in [2.05, 4.69) is 20.5 Å². The molecule has 0 fully saturated rings. The lowest BCUT2D eigenvalue weighted by molar-refractivity contribution is -0.116. The number of amides is 1. The highest BCUT2D eigenvalue weighted by molar-refractivity contribution is 5.99. The van der Waals surface area contributed by atoms with E-state index in [-0.39, 0.29) is 5.91 Å². The number of carbonyl (C=O) groups excluding carboxylic acids is 1. The first kappa shape index (κ1) is 12.3. The Labute approximate surface area is 116 Å². The molecule has 1 amide bonds. The number of anilines is 1. The van der Waals surface area contributed by atoms with Gasteiger partial charge in [0.05, 0.1) is 5.52 Å². The van der Waals surface area contributed by atoms with E-state index in [4.69, 9.17) is 0 Å². The van der Waals surface area contributed by atoms with Gasteiger partial charge in [-0.05, 0) is 30.2 Å². The summed E-state index contributed by atoms with van der Waals surface area (Å²) in [7, 11) is 0. The van der Waals surface area contributed by atoms with Crippen LogP contribution in [0.2, 0.25) is 0 Å². The molecule has 5 heteroatoms. The molecule has 3 aromatic rings. The van der Waals surface area contributed by atoms with E-state index < -0.39 is 0 Å². The lowest BCUT2D eigenvalue weighted by atomic mass is 10.1. The van der Waals surface area contributed by atoms with Gasteiger partial charge in [-0.3, -0.25) is 14.9 Å². The Morgan fingerprint density at radius 2 is 2.10 bits per heavy atom. The average Bonchev–Trinajstić information content (AvgIpc) is 2.90. The highest BCUT2D eigenvalue weighted by atomic mass is 16.1. The smallest absolute Gasteiger partial charge is 0.225 e. The van der Waals surface area contributed by atoms with Crippen LogP contribution in [0.4, 0.5) is 5.82 Å². The first-order chi connectivity index (χ1) is 9.83. The molecular weight excluding hydrogens is 252 g/mol. The van der Waals surface area contributed by atoms with Gasteiger partial charge in [0.1, 0.15) is 0 Å². The molecule has 0 aliphatic carbocycles. The number of nitrogens with zero attached hydrogens (tertiary/aromatic N) is 2. The van der Waals surface area contributed by atoms with Crippen LogP contribution < -0.4 is 5.32 Å². The van der Waals surface area contributed by atoms with Gasteiger partial charge in [-0.2, -0.15) is 5.10 Å². The van der Waals surface area contributed by atoms with Crippen molar-refractivity contribution < 1.29 is 4.79 Å². The van der Waals surface area contributed by atoms with Crippen molar-refractivity contribution in [1.82, 2.24) is 15.2 Å².